The minimum absolute atomic E-state index is 0.206. The molecular weight excluding hydrogens is 250 g/mol. The number of nitrogens with zero attached hydrogens (tertiary/aromatic N) is 2. The van der Waals surface area contributed by atoms with Gasteiger partial charge in [-0.25, -0.2) is 0 Å². The molecule has 2 fully saturated rings. The largest absolute Gasteiger partial charge is 0.473 e. The summed E-state index contributed by atoms with van der Waals surface area (Å²) in [4.78, 5) is 0. The van der Waals surface area contributed by atoms with Gasteiger partial charge in [0, 0.05) is 30.0 Å². The fourth-order valence-electron chi connectivity index (χ4n) is 3.41. The third kappa shape index (κ3) is 2.31. The van der Waals surface area contributed by atoms with Crippen LogP contribution in [-0.4, -0.2) is 27.4 Å². The smallest absolute Gasteiger partial charge is 0.233 e. The van der Waals surface area contributed by atoms with Crippen LogP contribution in [0.15, 0.2) is 12.1 Å². The highest BCUT2D eigenvalue weighted by atomic mass is 35.5. The van der Waals surface area contributed by atoms with Crippen molar-refractivity contribution in [1.29, 1.82) is 0 Å². The molecule has 0 amide bonds. The molecule has 2 bridgehead atoms. The SMILES string of the molecule is CC12CC[C@@](C)(CC(Oc3ccc(Cl)nn3)C1)N2. The van der Waals surface area contributed by atoms with Gasteiger partial charge in [0.25, 0.3) is 0 Å². The maximum atomic E-state index is 5.95. The van der Waals surface area contributed by atoms with E-state index in [4.69, 9.17) is 16.3 Å². The standard InChI is InChI=1S/C13H18ClN3O/c1-12-5-6-13(2,17-12)8-9(7-12)18-11-4-3-10(14)15-16-11/h3-4,9,17H,5-8H2,1-2H3/t9?,12-,13?/m0/s1. The second-order valence-corrected chi connectivity index (χ2v) is 6.48. The van der Waals surface area contributed by atoms with E-state index in [0.29, 0.717) is 11.0 Å². The van der Waals surface area contributed by atoms with Gasteiger partial charge in [0.2, 0.25) is 5.88 Å². The van der Waals surface area contributed by atoms with Crippen molar-refractivity contribution in [2.75, 3.05) is 0 Å². The van der Waals surface area contributed by atoms with Gasteiger partial charge in [0.05, 0.1) is 0 Å². The second kappa shape index (κ2) is 4.07. The molecule has 3 rings (SSSR count). The van der Waals surface area contributed by atoms with E-state index >= 15 is 0 Å². The summed E-state index contributed by atoms with van der Waals surface area (Å²) >= 11 is 5.72. The number of ether oxygens (including phenoxy) is 1. The molecule has 1 aromatic rings. The summed E-state index contributed by atoms with van der Waals surface area (Å²) in [6.45, 7) is 4.56. The first-order valence-corrected chi connectivity index (χ1v) is 6.80. The Hall–Kier alpha value is -0.870. The molecule has 1 aromatic heterocycles. The first-order chi connectivity index (χ1) is 8.46. The first kappa shape index (κ1) is 12.2. The van der Waals surface area contributed by atoms with Crippen LogP contribution in [-0.2, 0) is 0 Å². The van der Waals surface area contributed by atoms with E-state index in [1.165, 1.54) is 12.8 Å². The molecule has 0 aliphatic carbocycles. The Morgan fingerprint density at radius 2 is 1.89 bits per heavy atom. The van der Waals surface area contributed by atoms with E-state index in [-0.39, 0.29) is 17.2 Å². The van der Waals surface area contributed by atoms with Crippen molar-refractivity contribution >= 4 is 11.6 Å². The molecule has 5 heteroatoms. The minimum Gasteiger partial charge on any atom is -0.473 e. The maximum absolute atomic E-state index is 5.95. The van der Waals surface area contributed by atoms with Crippen LogP contribution in [0.2, 0.25) is 5.15 Å². The third-order valence-corrected chi connectivity index (χ3v) is 4.29. The molecule has 18 heavy (non-hydrogen) atoms. The van der Waals surface area contributed by atoms with Crippen molar-refractivity contribution in [2.24, 2.45) is 0 Å². The van der Waals surface area contributed by atoms with Crippen LogP contribution in [0.3, 0.4) is 0 Å². The van der Waals surface area contributed by atoms with Gasteiger partial charge in [-0.1, -0.05) is 11.6 Å². The van der Waals surface area contributed by atoms with Crippen molar-refractivity contribution < 1.29 is 4.74 Å². The summed E-state index contributed by atoms with van der Waals surface area (Å²) in [7, 11) is 0. The van der Waals surface area contributed by atoms with Gasteiger partial charge in [0.1, 0.15) is 6.10 Å². The van der Waals surface area contributed by atoms with Crippen LogP contribution in [0.4, 0.5) is 0 Å². The second-order valence-electron chi connectivity index (χ2n) is 6.09. The van der Waals surface area contributed by atoms with Gasteiger partial charge < -0.3 is 10.1 Å². The molecule has 0 radical (unpaired) electrons. The van der Waals surface area contributed by atoms with E-state index in [9.17, 15) is 0 Å². The van der Waals surface area contributed by atoms with Crippen molar-refractivity contribution in [3.8, 4) is 5.88 Å². The third-order valence-electron chi connectivity index (χ3n) is 4.08. The number of aromatic nitrogens is 2. The highest BCUT2D eigenvalue weighted by molar-refractivity contribution is 6.29. The molecule has 0 spiro atoms. The average molecular weight is 268 g/mol. The fourth-order valence-corrected chi connectivity index (χ4v) is 3.51. The van der Waals surface area contributed by atoms with Gasteiger partial charge in [-0.05, 0) is 32.8 Å². The molecule has 1 N–H and O–H groups in total. The molecule has 2 unspecified atom stereocenters. The van der Waals surface area contributed by atoms with Gasteiger partial charge in [0.15, 0.2) is 5.15 Å². The number of nitrogens with one attached hydrogen (secondary N) is 1. The predicted octanol–water partition coefficient (Wildman–Crippen LogP) is 2.57. The Morgan fingerprint density at radius 3 is 2.44 bits per heavy atom. The Labute approximate surface area is 112 Å². The quantitative estimate of drug-likeness (QED) is 0.895. The van der Waals surface area contributed by atoms with Crippen LogP contribution in [0.1, 0.15) is 39.5 Å². The monoisotopic (exact) mass is 267 g/mol. The number of piperidine rings is 1. The zero-order valence-electron chi connectivity index (χ0n) is 10.7. The molecule has 98 valence electrons. The van der Waals surface area contributed by atoms with Gasteiger partial charge in [-0.2, -0.15) is 0 Å². The van der Waals surface area contributed by atoms with Crippen molar-refractivity contribution in [3.05, 3.63) is 17.3 Å². The summed E-state index contributed by atoms with van der Waals surface area (Å²) in [5.41, 5.74) is 0.412. The van der Waals surface area contributed by atoms with E-state index < -0.39 is 0 Å². The predicted molar refractivity (Wildman–Crippen MR) is 69.9 cm³/mol. The lowest BCUT2D eigenvalue weighted by Crippen LogP contribution is -2.56. The molecule has 3 atom stereocenters. The Morgan fingerprint density at radius 1 is 1.22 bits per heavy atom. The maximum Gasteiger partial charge on any atom is 0.233 e. The number of rotatable bonds is 2. The van der Waals surface area contributed by atoms with Crippen LogP contribution in [0.5, 0.6) is 5.88 Å². The van der Waals surface area contributed by atoms with E-state index in [1.54, 1.807) is 12.1 Å². The molecule has 2 saturated heterocycles. The van der Waals surface area contributed by atoms with Crippen molar-refractivity contribution in [2.45, 2.75) is 56.7 Å². The minimum atomic E-state index is 0.206. The zero-order valence-corrected chi connectivity index (χ0v) is 11.5. The van der Waals surface area contributed by atoms with Crippen molar-refractivity contribution in [1.82, 2.24) is 15.5 Å². The van der Waals surface area contributed by atoms with Crippen LogP contribution in [0.25, 0.3) is 0 Å². The van der Waals surface area contributed by atoms with E-state index in [0.717, 1.165) is 12.8 Å². The van der Waals surface area contributed by atoms with E-state index in [2.05, 4.69) is 29.4 Å². The number of hydrogen-bond donors (Lipinski definition) is 1. The number of halogens is 1. The zero-order chi connectivity index (χ0) is 12.8. The average Bonchev–Trinajstić information content (AvgIpc) is 2.51. The first-order valence-electron chi connectivity index (χ1n) is 6.42. The van der Waals surface area contributed by atoms with Gasteiger partial charge >= 0.3 is 0 Å². The highest BCUT2D eigenvalue weighted by Gasteiger charge is 2.49. The molecule has 3 heterocycles. The van der Waals surface area contributed by atoms with Crippen LogP contribution >= 0.6 is 11.6 Å². The summed E-state index contributed by atoms with van der Waals surface area (Å²) < 4.78 is 5.95. The van der Waals surface area contributed by atoms with Gasteiger partial charge in [-0.15, -0.1) is 10.2 Å². The molecule has 0 aromatic carbocycles. The van der Waals surface area contributed by atoms with Crippen LogP contribution < -0.4 is 10.1 Å². The summed E-state index contributed by atoms with van der Waals surface area (Å²) in [6.07, 6.45) is 4.68. The molecule has 4 nitrogen and oxygen atoms in total. The topological polar surface area (TPSA) is 47.0 Å². The van der Waals surface area contributed by atoms with Gasteiger partial charge in [-0.3, -0.25) is 0 Å². The molecule has 0 saturated carbocycles. The Kier molecular flexibility index (Phi) is 2.75. The summed E-state index contributed by atoms with van der Waals surface area (Å²) in [5.74, 6) is 0.568. The number of hydrogen-bond acceptors (Lipinski definition) is 4. The lowest BCUT2D eigenvalue weighted by Gasteiger charge is -2.41. The molecular formula is C13H18ClN3O. The lowest BCUT2D eigenvalue weighted by molar-refractivity contribution is 0.0753. The van der Waals surface area contributed by atoms with Crippen molar-refractivity contribution in [3.63, 3.8) is 0 Å². The molecule has 2 aliphatic rings. The number of fused-ring (bicyclic) bond motifs is 2. The summed E-state index contributed by atoms with van der Waals surface area (Å²) in [6, 6.07) is 3.49. The Bertz CT molecular complexity index is 434. The Balaban J connectivity index is 1.72. The van der Waals surface area contributed by atoms with E-state index in [1.807, 2.05) is 0 Å². The highest BCUT2D eigenvalue weighted by Crippen LogP contribution is 2.42. The summed E-state index contributed by atoms with van der Waals surface area (Å²) in [5, 5.41) is 11.9. The lowest BCUT2D eigenvalue weighted by atomic mass is 9.86. The molecule has 2 aliphatic heterocycles. The van der Waals surface area contributed by atoms with Crippen LogP contribution in [0, 0.1) is 0 Å². The normalized spacial score (nSPS) is 38.7. The fraction of sp³-hybridized carbons (Fsp3) is 0.692.